The van der Waals surface area contributed by atoms with E-state index in [1.807, 2.05) is 20.0 Å². The van der Waals surface area contributed by atoms with Crippen molar-refractivity contribution in [3.8, 4) is 11.6 Å². The van der Waals surface area contributed by atoms with E-state index in [2.05, 4.69) is 10.1 Å². The smallest absolute Gasteiger partial charge is 0.153 e. The number of nitrogens with zero attached hydrogens (tertiary/aromatic N) is 3. The van der Waals surface area contributed by atoms with Crippen molar-refractivity contribution in [2.75, 3.05) is 0 Å². The summed E-state index contributed by atoms with van der Waals surface area (Å²) in [6.45, 7) is 3.95. The lowest BCUT2D eigenvalue weighted by molar-refractivity contribution is 0.472. The van der Waals surface area contributed by atoms with Gasteiger partial charge in [0, 0.05) is 6.20 Å². The Hall–Kier alpha value is -1.84. The van der Waals surface area contributed by atoms with Gasteiger partial charge in [-0.3, -0.25) is 0 Å². The van der Waals surface area contributed by atoms with E-state index in [4.69, 9.17) is 5.11 Å². The molecule has 0 saturated heterocycles. The highest BCUT2D eigenvalue weighted by Crippen LogP contribution is 2.11. The van der Waals surface area contributed by atoms with Crippen molar-refractivity contribution in [3.63, 3.8) is 0 Å². The fourth-order valence-electron chi connectivity index (χ4n) is 1.18. The predicted octanol–water partition coefficient (Wildman–Crippen LogP) is 1.59. The van der Waals surface area contributed by atoms with Crippen LogP contribution in [0.4, 0.5) is 0 Å². The van der Waals surface area contributed by atoms with Crippen LogP contribution in [0.25, 0.3) is 5.82 Å². The summed E-state index contributed by atoms with van der Waals surface area (Å²) in [5.74, 6) is 0.869. The quantitative estimate of drug-likeness (QED) is 0.741. The summed E-state index contributed by atoms with van der Waals surface area (Å²) < 4.78 is 1.70. The highest BCUT2D eigenvalue weighted by molar-refractivity contribution is 5.28. The van der Waals surface area contributed by atoms with Crippen molar-refractivity contribution < 1.29 is 5.11 Å². The Bertz CT molecular complexity index is 425. The van der Waals surface area contributed by atoms with Crippen LogP contribution in [-0.4, -0.2) is 19.9 Å². The molecule has 2 aromatic rings. The van der Waals surface area contributed by atoms with E-state index in [1.165, 1.54) is 6.20 Å². The summed E-state index contributed by atoms with van der Waals surface area (Å²) in [6.07, 6.45) is 3.32. The van der Waals surface area contributed by atoms with E-state index < -0.39 is 0 Å². The van der Waals surface area contributed by atoms with Gasteiger partial charge in [0.2, 0.25) is 0 Å². The molecule has 0 spiro atoms. The molecule has 0 saturated carbocycles. The summed E-state index contributed by atoms with van der Waals surface area (Å²) in [6, 6.07) is 3.32. The van der Waals surface area contributed by atoms with Gasteiger partial charge in [-0.15, -0.1) is 0 Å². The Labute approximate surface area is 81.8 Å². The Morgan fingerprint density at radius 3 is 2.57 bits per heavy atom. The summed E-state index contributed by atoms with van der Waals surface area (Å²) in [5, 5.41) is 13.4. The minimum absolute atomic E-state index is 0.161. The second-order valence-corrected chi connectivity index (χ2v) is 3.22. The molecule has 14 heavy (non-hydrogen) atoms. The summed E-state index contributed by atoms with van der Waals surface area (Å²) in [7, 11) is 0. The number of aromatic hydroxyl groups is 1. The lowest BCUT2D eigenvalue weighted by Crippen LogP contribution is -1.97. The molecule has 0 fully saturated rings. The van der Waals surface area contributed by atoms with Crippen molar-refractivity contribution in [1.29, 1.82) is 0 Å². The molecule has 0 amide bonds. The van der Waals surface area contributed by atoms with E-state index in [0.29, 0.717) is 5.82 Å². The van der Waals surface area contributed by atoms with Gasteiger partial charge in [0.1, 0.15) is 5.75 Å². The van der Waals surface area contributed by atoms with Crippen LogP contribution in [0.2, 0.25) is 0 Å². The Balaban J connectivity index is 2.44. The Kier molecular flexibility index (Phi) is 1.96. The summed E-state index contributed by atoms with van der Waals surface area (Å²) in [5.41, 5.74) is 2.11. The van der Waals surface area contributed by atoms with Gasteiger partial charge in [-0.2, -0.15) is 5.10 Å². The first-order valence-corrected chi connectivity index (χ1v) is 4.35. The normalized spacial score (nSPS) is 10.4. The largest absolute Gasteiger partial charge is 0.506 e. The highest BCUT2D eigenvalue weighted by Gasteiger charge is 2.02. The molecule has 0 aliphatic heterocycles. The second-order valence-electron chi connectivity index (χ2n) is 3.22. The molecule has 0 atom stereocenters. The third-order valence-electron chi connectivity index (χ3n) is 2.11. The highest BCUT2D eigenvalue weighted by atomic mass is 16.3. The van der Waals surface area contributed by atoms with Crippen LogP contribution in [0.5, 0.6) is 5.75 Å². The van der Waals surface area contributed by atoms with Gasteiger partial charge in [-0.25, -0.2) is 9.67 Å². The van der Waals surface area contributed by atoms with Crippen molar-refractivity contribution in [2.45, 2.75) is 13.8 Å². The number of hydrogen-bond donors (Lipinski definition) is 1. The minimum atomic E-state index is 0.161. The van der Waals surface area contributed by atoms with Gasteiger partial charge in [0.15, 0.2) is 5.82 Å². The van der Waals surface area contributed by atoms with Crippen LogP contribution in [0, 0.1) is 13.8 Å². The van der Waals surface area contributed by atoms with Crippen molar-refractivity contribution in [1.82, 2.24) is 14.8 Å². The molecule has 0 aliphatic rings. The lowest BCUT2D eigenvalue weighted by atomic mass is 10.3. The molecule has 4 nitrogen and oxygen atoms in total. The first-order valence-electron chi connectivity index (χ1n) is 4.35. The van der Waals surface area contributed by atoms with E-state index in [-0.39, 0.29) is 5.75 Å². The zero-order chi connectivity index (χ0) is 10.1. The fourth-order valence-corrected chi connectivity index (χ4v) is 1.18. The number of aromatic nitrogens is 3. The van der Waals surface area contributed by atoms with Crippen molar-refractivity contribution in [2.24, 2.45) is 0 Å². The fraction of sp³-hybridized carbons (Fsp3) is 0.200. The van der Waals surface area contributed by atoms with Crippen LogP contribution in [-0.2, 0) is 0 Å². The molecule has 2 heterocycles. The van der Waals surface area contributed by atoms with E-state index in [9.17, 15) is 0 Å². The summed E-state index contributed by atoms with van der Waals surface area (Å²) in [4.78, 5) is 4.05. The van der Waals surface area contributed by atoms with Crippen LogP contribution in [0.3, 0.4) is 0 Å². The maximum Gasteiger partial charge on any atom is 0.153 e. The maximum absolute atomic E-state index is 9.07. The molecule has 0 radical (unpaired) electrons. The van der Waals surface area contributed by atoms with Gasteiger partial charge in [-0.05, 0) is 31.5 Å². The molecule has 2 rings (SSSR count). The molecular weight excluding hydrogens is 178 g/mol. The third kappa shape index (κ3) is 1.46. The molecule has 4 heteroatoms. The maximum atomic E-state index is 9.07. The zero-order valence-corrected chi connectivity index (χ0v) is 8.10. The lowest BCUT2D eigenvalue weighted by Gasteiger charge is -1.98. The summed E-state index contributed by atoms with van der Waals surface area (Å²) >= 11 is 0. The zero-order valence-electron chi connectivity index (χ0n) is 8.10. The van der Waals surface area contributed by atoms with Gasteiger partial charge in [0.25, 0.3) is 0 Å². The van der Waals surface area contributed by atoms with Gasteiger partial charge in [0.05, 0.1) is 11.9 Å². The average molecular weight is 189 g/mol. The third-order valence-corrected chi connectivity index (χ3v) is 2.11. The molecule has 2 aromatic heterocycles. The van der Waals surface area contributed by atoms with Crippen LogP contribution in [0.1, 0.15) is 11.3 Å². The topological polar surface area (TPSA) is 50.9 Å². The Morgan fingerprint density at radius 2 is 2.07 bits per heavy atom. The second kappa shape index (κ2) is 3.14. The number of hydrogen-bond acceptors (Lipinski definition) is 3. The average Bonchev–Trinajstić information content (AvgIpc) is 2.48. The first kappa shape index (κ1) is 8.74. The van der Waals surface area contributed by atoms with Gasteiger partial charge >= 0.3 is 0 Å². The molecule has 0 aliphatic carbocycles. The number of rotatable bonds is 1. The molecule has 1 N–H and O–H groups in total. The van der Waals surface area contributed by atoms with Gasteiger partial charge < -0.3 is 5.11 Å². The van der Waals surface area contributed by atoms with E-state index >= 15 is 0 Å². The van der Waals surface area contributed by atoms with E-state index in [1.54, 1.807) is 16.8 Å². The predicted molar refractivity (Wildman–Crippen MR) is 52.5 cm³/mol. The van der Waals surface area contributed by atoms with Crippen LogP contribution in [0.15, 0.2) is 24.5 Å². The Morgan fingerprint density at radius 1 is 1.29 bits per heavy atom. The molecule has 0 aromatic carbocycles. The number of pyridine rings is 1. The molecule has 0 unspecified atom stereocenters. The number of aryl methyl sites for hydroxylation is 2. The van der Waals surface area contributed by atoms with Crippen molar-refractivity contribution in [3.05, 3.63) is 35.8 Å². The van der Waals surface area contributed by atoms with Gasteiger partial charge in [-0.1, -0.05) is 0 Å². The van der Waals surface area contributed by atoms with Crippen LogP contribution >= 0.6 is 0 Å². The minimum Gasteiger partial charge on any atom is -0.506 e. The van der Waals surface area contributed by atoms with Crippen molar-refractivity contribution >= 4 is 0 Å². The molecule has 72 valence electrons. The molecule has 0 bridgehead atoms. The molecular formula is C10H11N3O. The van der Waals surface area contributed by atoms with E-state index in [0.717, 1.165) is 11.3 Å². The first-order chi connectivity index (χ1) is 6.66. The SMILES string of the molecule is Cc1cn(-c2ccc(O)cn2)nc1C. The standard InChI is InChI=1S/C10H11N3O/c1-7-6-13(12-8(7)2)10-4-3-9(14)5-11-10/h3-6,14H,1-2H3. The monoisotopic (exact) mass is 189 g/mol. The van der Waals surface area contributed by atoms with Crippen LogP contribution < -0.4 is 0 Å².